The minimum absolute atomic E-state index is 0. The number of aromatic nitrogens is 2. The third kappa shape index (κ3) is 3.14. The van der Waals surface area contributed by atoms with E-state index in [1.165, 1.54) is 0 Å². The predicted octanol–water partition coefficient (Wildman–Crippen LogP) is 0.159. The van der Waals surface area contributed by atoms with Gasteiger partial charge in [-0.3, -0.25) is 4.79 Å². The Morgan fingerprint density at radius 1 is 1.36 bits per heavy atom. The molecule has 132 valence electrons. The number of furan rings is 1. The number of carbonyl (C=O) groups is 1. The Morgan fingerprint density at radius 2 is 2.20 bits per heavy atom. The zero-order valence-electron chi connectivity index (χ0n) is 13.9. The first-order valence-electron chi connectivity index (χ1n) is 8.31. The van der Waals surface area contributed by atoms with Gasteiger partial charge in [-0.05, 0) is 31.9 Å². The van der Waals surface area contributed by atoms with Crippen molar-refractivity contribution in [3.05, 3.63) is 30.6 Å². The molecule has 1 atom stereocenters. The third-order valence-corrected chi connectivity index (χ3v) is 4.48. The molecule has 1 unspecified atom stereocenters. The van der Waals surface area contributed by atoms with Gasteiger partial charge in [0.1, 0.15) is 17.4 Å². The van der Waals surface area contributed by atoms with Gasteiger partial charge in [-0.15, -0.1) is 0 Å². The maximum Gasteiger partial charge on any atom is 0.310 e. The van der Waals surface area contributed by atoms with E-state index in [1.54, 1.807) is 6.33 Å². The molecule has 1 aliphatic rings. The zero-order chi connectivity index (χ0) is 16.5. The summed E-state index contributed by atoms with van der Waals surface area (Å²) in [5.74, 6) is 0.510. The van der Waals surface area contributed by atoms with Crippen LogP contribution in [0.15, 0.2) is 35.0 Å². The first-order valence-corrected chi connectivity index (χ1v) is 8.31. The number of rotatable bonds is 3. The SMILES string of the molecule is CCOC(=O)C1CCCN(c2ncnc3c2oc2ccccc23)C1.[Cl-]. The molecule has 1 aliphatic heterocycles. The molecule has 0 amide bonds. The molecule has 0 aliphatic carbocycles. The van der Waals surface area contributed by atoms with Crippen LogP contribution in [-0.4, -0.2) is 35.6 Å². The van der Waals surface area contributed by atoms with E-state index >= 15 is 0 Å². The minimum atomic E-state index is -0.128. The molecule has 1 fully saturated rings. The monoisotopic (exact) mass is 360 g/mol. The van der Waals surface area contributed by atoms with Crippen molar-refractivity contribution in [2.75, 3.05) is 24.6 Å². The lowest BCUT2D eigenvalue weighted by Gasteiger charge is -2.32. The van der Waals surface area contributed by atoms with Crippen LogP contribution < -0.4 is 17.3 Å². The second-order valence-electron chi connectivity index (χ2n) is 6.01. The number of hydrogen-bond acceptors (Lipinski definition) is 6. The van der Waals surface area contributed by atoms with E-state index in [2.05, 4.69) is 14.9 Å². The number of hydrogen-bond donors (Lipinski definition) is 0. The lowest BCUT2D eigenvalue weighted by Crippen LogP contribution is -3.00. The number of anilines is 1. The summed E-state index contributed by atoms with van der Waals surface area (Å²) < 4.78 is 11.2. The zero-order valence-corrected chi connectivity index (χ0v) is 14.7. The van der Waals surface area contributed by atoms with Crippen LogP contribution in [0.2, 0.25) is 0 Å². The average molecular weight is 361 g/mol. The number of benzene rings is 1. The van der Waals surface area contributed by atoms with Crippen molar-refractivity contribution >= 4 is 33.9 Å². The molecule has 0 saturated carbocycles. The second kappa shape index (κ2) is 7.27. The van der Waals surface area contributed by atoms with Crippen LogP contribution in [0, 0.1) is 5.92 Å². The van der Waals surface area contributed by atoms with Gasteiger partial charge in [0, 0.05) is 18.5 Å². The molecular formula is C18H19ClN3O3-. The number of ether oxygens (including phenoxy) is 1. The minimum Gasteiger partial charge on any atom is -1.00 e. The van der Waals surface area contributed by atoms with Crippen LogP contribution in [0.25, 0.3) is 22.1 Å². The molecule has 3 aromatic rings. The van der Waals surface area contributed by atoms with E-state index in [-0.39, 0.29) is 24.3 Å². The highest BCUT2D eigenvalue weighted by molar-refractivity contribution is 6.05. The van der Waals surface area contributed by atoms with Gasteiger partial charge in [0.05, 0.1) is 12.5 Å². The fourth-order valence-corrected chi connectivity index (χ4v) is 3.36. The van der Waals surface area contributed by atoms with E-state index in [9.17, 15) is 4.79 Å². The molecular weight excluding hydrogens is 342 g/mol. The Balaban J connectivity index is 0.00000182. The van der Waals surface area contributed by atoms with Crippen molar-refractivity contribution in [2.24, 2.45) is 5.92 Å². The fourth-order valence-electron chi connectivity index (χ4n) is 3.36. The Morgan fingerprint density at radius 3 is 3.04 bits per heavy atom. The Labute approximate surface area is 151 Å². The van der Waals surface area contributed by atoms with Crippen LogP contribution >= 0.6 is 0 Å². The normalized spacial score (nSPS) is 17.5. The van der Waals surface area contributed by atoms with Crippen molar-refractivity contribution in [2.45, 2.75) is 19.8 Å². The van der Waals surface area contributed by atoms with E-state index in [0.717, 1.165) is 41.7 Å². The number of nitrogens with zero attached hydrogens (tertiary/aromatic N) is 3. The van der Waals surface area contributed by atoms with E-state index < -0.39 is 0 Å². The lowest BCUT2D eigenvalue weighted by molar-refractivity contribution is -0.148. The summed E-state index contributed by atoms with van der Waals surface area (Å²) in [6, 6.07) is 7.83. The van der Waals surface area contributed by atoms with E-state index in [0.29, 0.717) is 18.7 Å². The van der Waals surface area contributed by atoms with Crippen molar-refractivity contribution in [3.8, 4) is 0 Å². The Hall–Kier alpha value is -2.34. The summed E-state index contributed by atoms with van der Waals surface area (Å²) in [6.45, 7) is 3.69. The Kier molecular flexibility index (Phi) is 5.08. The summed E-state index contributed by atoms with van der Waals surface area (Å²) in [5, 5.41) is 0.982. The molecule has 1 aromatic carbocycles. The van der Waals surface area contributed by atoms with E-state index in [1.807, 2.05) is 31.2 Å². The molecule has 3 heterocycles. The van der Waals surface area contributed by atoms with Crippen molar-refractivity contribution in [1.82, 2.24) is 9.97 Å². The topological polar surface area (TPSA) is 68.5 Å². The summed E-state index contributed by atoms with van der Waals surface area (Å²) in [5.41, 5.74) is 2.30. The van der Waals surface area contributed by atoms with Gasteiger partial charge >= 0.3 is 5.97 Å². The highest BCUT2D eigenvalue weighted by atomic mass is 35.5. The number of esters is 1. The number of piperidine rings is 1. The van der Waals surface area contributed by atoms with Crippen LogP contribution in [0.4, 0.5) is 5.82 Å². The highest BCUT2D eigenvalue weighted by Crippen LogP contribution is 2.33. The van der Waals surface area contributed by atoms with Gasteiger partial charge < -0.3 is 26.5 Å². The highest BCUT2D eigenvalue weighted by Gasteiger charge is 2.29. The number of carbonyl (C=O) groups excluding carboxylic acids is 1. The van der Waals surface area contributed by atoms with Crippen molar-refractivity contribution in [3.63, 3.8) is 0 Å². The maximum absolute atomic E-state index is 12.1. The molecule has 4 rings (SSSR count). The van der Waals surface area contributed by atoms with E-state index in [4.69, 9.17) is 9.15 Å². The van der Waals surface area contributed by atoms with Crippen LogP contribution in [0.5, 0.6) is 0 Å². The smallest absolute Gasteiger partial charge is 0.310 e. The van der Waals surface area contributed by atoms with Gasteiger partial charge in [-0.25, -0.2) is 9.97 Å². The van der Waals surface area contributed by atoms with Gasteiger partial charge in [0.15, 0.2) is 11.4 Å². The van der Waals surface area contributed by atoms with Crippen molar-refractivity contribution < 1.29 is 26.4 Å². The standard InChI is InChI=1S/C18H19N3O3.ClH/c1-2-23-18(22)12-6-5-9-21(10-12)17-16-15(19-11-20-17)13-7-3-4-8-14(13)24-16;/h3-4,7-8,11-12H,2,5-6,9-10H2,1H3;1H/p-1. The first-order chi connectivity index (χ1) is 11.8. The fraction of sp³-hybridized carbons (Fsp3) is 0.389. The van der Waals surface area contributed by atoms with Crippen LogP contribution in [0.3, 0.4) is 0 Å². The predicted molar refractivity (Wildman–Crippen MR) is 90.9 cm³/mol. The molecule has 25 heavy (non-hydrogen) atoms. The maximum atomic E-state index is 12.1. The first kappa shape index (κ1) is 17.5. The molecule has 0 radical (unpaired) electrons. The molecule has 6 nitrogen and oxygen atoms in total. The van der Waals surface area contributed by atoms with Crippen molar-refractivity contribution in [1.29, 1.82) is 0 Å². The number of halogens is 1. The lowest BCUT2D eigenvalue weighted by atomic mass is 9.98. The van der Waals surface area contributed by atoms with Crippen LogP contribution in [0.1, 0.15) is 19.8 Å². The second-order valence-corrected chi connectivity index (χ2v) is 6.01. The van der Waals surface area contributed by atoms with Gasteiger partial charge in [0.25, 0.3) is 0 Å². The van der Waals surface area contributed by atoms with Gasteiger partial charge in [-0.2, -0.15) is 0 Å². The summed E-state index contributed by atoms with van der Waals surface area (Å²) in [4.78, 5) is 23.0. The average Bonchev–Trinajstić information content (AvgIpc) is 3.01. The quantitative estimate of drug-likeness (QED) is 0.620. The molecule has 7 heteroatoms. The summed E-state index contributed by atoms with van der Waals surface area (Å²) in [7, 11) is 0. The van der Waals surface area contributed by atoms with Crippen LogP contribution in [-0.2, 0) is 9.53 Å². The summed E-state index contributed by atoms with van der Waals surface area (Å²) >= 11 is 0. The molecule has 0 bridgehead atoms. The molecule has 0 N–H and O–H groups in total. The molecule has 2 aromatic heterocycles. The molecule has 1 saturated heterocycles. The third-order valence-electron chi connectivity index (χ3n) is 4.48. The Bertz CT molecular complexity index is 896. The number of para-hydroxylation sites is 1. The number of fused-ring (bicyclic) bond motifs is 3. The largest absolute Gasteiger partial charge is 1.00 e. The molecule has 0 spiro atoms. The van der Waals surface area contributed by atoms with Gasteiger partial charge in [-0.1, -0.05) is 12.1 Å². The van der Waals surface area contributed by atoms with Gasteiger partial charge in [0.2, 0.25) is 0 Å². The summed E-state index contributed by atoms with van der Waals surface area (Å²) in [6.07, 6.45) is 3.34.